The number of nitrogens with zero attached hydrogens (tertiary/aromatic N) is 1. The van der Waals surface area contributed by atoms with Crippen LogP contribution in [0.25, 0.3) is 0 Å². The molecule has 0 spiro atoms. The van der Waals surface area contributed by atoms with Crippen LogP contribution in [0.5, 0.6) is 5.75 Å². The molecule has 0 heterocycles. The highest BCUT2D eigenvalue weighted by molar-refractivity contribution is 7.92. The highest BCUT2D eigenvalue weighted by atomic mass is 35.5. The average molecular weight is 553 g/mol. The lowest BCUT2D eigenvalue weighted by Crippen LogP contribution is -2.38. The van der Waals surface area contributed by atoms with Crippen LogP contribution in [0.1, 0.15) is 5.56 Å². The van der Waals surface area contributed by atoms with E-state index in [4.69, 9.17) is 11.6 Å². The van der Waals surface area contributed by atoms with Gasteiger partial charge in [-0.25, -0.2) is 8.42 Å². The Balaban J connectivity index is 1.95. The molecule has 1 N–H and O–H groups in total. The summed E-state index contributed by atoms with van der Waals surface area (Å²) in [4.78, 5) is 12.4. The fourth-order valence-corrected chi connectivity index (χ4v) is 4.69. The number of nitrogens with one attached hydrogen (secondary N) is 1. The number of sulfonamides is 1. The van der Waals surface area contributed by atoms with Crippen molar-refractivity contribution in [1.29, 1.82) is 0 Å². The van der Waals surface area contributed by atoms with Gasteiger partial charge in [0.2, 0.25) is 5.91 Å². The number of benzene rings is 3. The Bertz CT molecular complexity index is 1330. The standard InChI is InChI=1S/C22H15ClF6N2O4S/c23-18-11-6-14(21(24,25)26)12-19(18)31(36(33,34)17-4-2-1-3-5-17)13-20(32)30-15-7-9-16(10-8-15)35-22(27,28)29/h1-12H,13H2,(H,30,32). The molecule has 14 heteroatoms. The Hall–Kier alpha value is -3.45. The van der Waals surface area contributed by atoms with E-state index >= 15 is 0 Å². The molecule has 0 aliphatic heterocycles. The van der Waals surface area contributed by atoms with E-state index in [1.165, 1.54) is 30.3 Å². The van der Waals surface area contributed by atoms with Crippen LogP contribution in [0.4, 0.5) is 37.7 Å². The Kier molecular flexibility index (Phi) is 7.74. The number of anilines is 2. The molecule has 0 bridgehead atoms. The predicted octanol–water partition coefficient (Wildman–Crippen LogP) is 6.09. The van der Waals surface area contributed by atoms with E-state index in [0.717, 1.165) is 30.3 Å². The number of hydrogen-bond donors (Lipinski definition) is 1. The fourth-order valence-electron chi connectivity index (χ4n) is 2.97. The average Bonchev–Trinajstić information content (AvgIpc) is 2.78. The molecule has 6 nitrogen and oxygen atoms in total. The van der Waals surface area contributed by atoms with Crippen LogP contribution in [-0.4, -0.2) is 27.2 Å². The number of rotatable bonds is 7. The lowest BCUT2D eigenvalue weighted by Gasteiger charge is -2.26. The van der Waals surface area contributed by atoms with Gasteiger partial charge in [0.1, 0.15) is 12.3 Å². The van der Waals surface area contributed by atoms with Gasteiger partial charge >= 0.3 is 12.5 Å². The number of halogens is 7. The first-order valence-electron chi connectivity index (χ1n) is 9.77. The SMILES string of the molecule is O=C(CN(c1cc(C(F)(F)F)ccc1Cl)S(=O)(=O)c1ccccc1)Nc1ccc(OC(F)(F)F)cc1. The van der Waals surface area contributed by atoms with Crippen molar-refractivity contribution in [3.8, 4) is 5.75 Å². The summed E-state index contributed by atoms with van der Waals surface area (Å²) in [6.07, 6.45) is -9.76. The monoisotopic (exact) mass is 552 g/mol. The molecular formula is C22H15ClF6N2O4S. The number of alkyl halides is 6. The van der Waals surface area contributed by atoms with E-state index in [9.17, 15) is 39.6 Å². The second-order valence-corrected chi connectivity index (χ2v) is 9.38. The van der Waals surface area contributed by atoms with Crippen molar-refractivity contribution in [2.75, 3.05) is 16.2 Å². The van der Waals surface area contributed by atoms with Crippen LogP contribution < -0.4 is 14.4 Å². The van der Waals surface area contributed by atoms with Crippen molar-refractivity contribution in [3.05, 3.63) is 83.4 Å². The maximum atomic E-state index is 13.3. The quantitative estimate of drug-likeness (QED) is 0.360. The zero-order chi connectivity index (χ0) is 26.7. The molecule has 0 fully saturated rings. The largest absolute Gasteiger partial charge is 0.573 e. The smallest absolute Gasteiger partial charge is 0.406 e. The van der Waals surface area contributed by atoms with E-state index < -0.39 is 52.0 Å². The Labute approximate surface area is 206 Å². The Morgan fingerprint density at radius 3 is 2.08 bits per heavy atom. The van der Waals surface area contributed by atoms with E-state index in [-0.39, 0.29) is 15.6 Å². The lowest BCUT2D eigenvalue weighted by molar-refractivity contribution is -0.274. The summed E-state index contributed by atoms with van der Waals surface area (Å²) < 4.78 is 108. The minimum atomic E-state index is -4.93. The summed E-state index contributed by atoms with van der Waals surface area (Å²) in [7, 11) is -4.58. The first-order chi connectivity index (χ1) is 16.7. The summed E-state index contributed by atoms with van der Waals surface area (Å²) in [5, 5.41) is 1.90. The highest BCUT2D eigenvalue weighted by Gasteiger charge is 2.35. The highest BCUT2D eigenvalue weighted by Crippen LogP contribution is 2.37. The predicted molar refractivity (Wildman–Crippen MR) is 119 cm³/mol. The van der Waals surface area contributed by atoms with Crippen molar-refractivity contribution in [2.24, 2.45) is 0 Å². The molecule has 3 rings (SSSR count). The number of amides is 1. The summed E-state index contributed by atoms with van der Waals surface area (Å²) in [6.45, 7) is -1.00. The normalized spacial score (nSPS) is 12.2. The van der Waals surface area contributed by atoms with Crippen molar-refractivity contribution in [3.63, 3.8) is 0 Å². The second kappa shape index (κ2) is 10.3. The summed E-state index contributed by atoms with van der Waals surface area (Å²) in [5.74, 6) is -1.57. The lowest BCUT2D eigenvalue weighted by atomic mass is 10.2. The first kappa shape index (κ1) is 27.1. The number of ether oxygens (including phenoxy) is 1. The summed E-state index contributed by atoms with van der Waals surface area (Å²) in [5.41, 5.74) is -1.82. The molecule has 3 aromatic carbocycles. The van der Waals surface area contributed by atoms with Crippen LogP contribution in [-0.2, 0) is 21.0 Å². The van der Waals surface area contributed by atoms with Crippen molar-refractivity contribution in [2.45, 2.75) is 17.4 Å². The van der Waals surface area contributed by atoms with Crippen molar-refractivity contribution < 1.29 is 44.3 Å². The number of hydrogen-bond acceptors (Lipinski definition) is 4. The maximum Gasteiger partial charge on any atom is 0.573 e. The van der Waals surface area contributed by atoms with Crippen molar-refractivity contribution >= 4 is 38.9 Å². The minimum Gasteiger partial charge on any atom is -0.406 e. The molecule has 0 aliphatic carbocycles. The maximum absolute atomic E-state index is 13.3. The van der Waals surface area contributed by atoms with Crippen LogP contribution in [0.15, 0.2) is 77.7 Å². The molecule has 0 saturated heterocycles. The topological polar surface area (TPSA) is 75.7 Å². The van der Waals surface area contributed by atoms with E-state index in [0.29, 0.717) is 16.4 Å². The van der Waals surface area contributed by atoms with Gasteiger partial charge in [-0.15, -0.1) is 13.2 Å². The van der Waals surface area contributed by atoms with Crippen LogP contribution in [0, 0.1) is 0 Å². The zero-order valence-corrected chi connectivity index (χ0v) is 19.3. The molecule has 0 radical (unpaired) electrons. The van der Waals surface area contributed by atoms with Gasteiger partial charge in [-0.2, -0.15) is 13.2 Å². The third-order valence-electron chi connectivity index (χ3n) is 4.53. The molecule has 0 saturated carbocycles. The third kappa shape index (κ3) is 6.82. The minimum absolute atomic E-state index is 0.0262. The van der Waals surface area contributed by atoms with Gasteiger partial charge in [0.15, 0.2) is 0 Å². The van der Waals surface area contributed by atoms with Crippen molar-refractivity contribution in [1.82, 2.24) is 0 Å². The third-order valence-corrected chi connectivity index (χ3v) is 6.63. The number of carbonyl (C=O) groups is 1. The second-order valence-electron chi connectivity index (χ2n) is 7.11. The number of carbonyl (C=O) groups excluding carboxylic acids is 1. The molecule has 0 aliphatic rings. The van der Waals surface area contributed by atoms with Gasteiger partial charge in [0.05, 0.1) is 21.2 Å². The summed E-state index contributed by atoms with van der Waals surface area (Å²) >= 11 is 6.04. The van der Waals surface area contributed by atoms with E-state index in [1.807, 2.05) is 0 Å². The summed E-state index contributed by atoms with van der Waals surface area (Å²) in [6, 6.07) is 12.6. The molecule has 192 valence electrons. The molecule has 0 unspecified atom stereocenters. The molecule has 1 amide bonds. The van der Waals surface area contributed by atoms with E-state index in [1.54, 1.807) is 0 Å². The molecule has 36 heavy (non-hydrogen) atoms. The molecular weight excluding hydrogens is 538 g/mol. The molecule has 3 aromatic rings. The first-order valence-corrected chi connectivity index (χ1v) is 11.6. The van der Waals surface area contributed by atoms with Gasteiger partial charge in [-0.05, 0) is 54.6 Å². The van der Waals surface area contributed by atoms with Gasteiger partial charge in [0.25, 0.3) is 10.0 Å². The zero-order valence-electron chi connectivity index (χ0n) is 17.8. The van der Waals surface area contributed by atoms with Gasteiger partial charge in [0, 0.05) is 5.69 Å². The van der Waals surface area contributed by atoms with E-state index in [2.05, 4.69) is 10.1 Å². The molecule has 0 atom stereocenters. The van der Waals surface area contributed by atoms with Crippen LogP contribution >= 0.6 is 11.6 Å². The Morgan fingerprint density at radius 1 is 0.917 bits per heavy atom. The fraction of sp³-hybridized carbons (Fsp3) is 0.136. The van der Waals surface area contributed by atoms with Gasteiger partial charge < -0.3 is 10.1 Å². The van der Waals surface area contributed by atoms with Crippen LogP contribution in [0.2, 0.25) is 5.02 Å². The van der Waals surface area contributed by atoms with Gasteiger partial charge in [-0.3, -0.25) is 9.10 Å². The van der Waals surface area contributed by atoms with Gasteiger partial charge in [-0.1, -0.05) is 29.8 Å². The van der Waals surface area contributed by atoms with Crippen LogP contribution in [0.3, 0.4) is 0 Å². The molecule has 0 aromatic heterocycles. The Morgan fingerprint density at radius 2 is 1.53 bits per heavy atom.